The molecule has 1 aromatic heterocycles. The minimum atomic E-state index is 0.377. The van der Waals surface area contributed by atoms with Gasteiger partial charge in [-0.05, 0) is 25.3 Å². The lowest BCUT2D eigenvalue weighted by atomic mass is 10.1. The van der Waals surface area contributed by atoms with Crippen molar-refractivity contribution in [1.29, 1.82) is 0 Å². The molecule has 5 heteroatoms. The molecule has 1 N–H and O–H groups in total. The second-order valence-corrected chi connectivity index (χ2v) is 5.60. The third-order valence-corrected chi connectivity index (χ3v) is 3.16. The number of hydrogen-bond acceptors (Lipinski definition) is 5. The van der Waals surface area contributed by atoms with E-state index in [0.29, 0.717) is 36.3 Å². The Bertz CT molecular complexity index is 349. The van der Waals surface area contributed by atoms with Gasteiger partial charge in [0.05, 0.1) is 6.54 Å². The summed E-state index contributed by atoms with van der Waals surface area (Å²) in [5.74, 6) is 1.81. The van der Waals surface area contributed by atoms with E-state index in [0.717, 1.165) is 6.54 Å². The Morgan fingerprint density at radius 1 is 1.17 bits per heavy atom. The summed E-state index contributed by atoms with van der Waals surface area (Å²) in [6, 6.07) is 0.972. The summed E-state index contributed by atoms with van der Waals surface area (Å²) in [5.41, 5.74) is 0. The Hall–Kier alpha value is -1.10. The molecule has 1 aromatic rings. The van der Waals surface area contributed by atoms with Gasteiger partial charge in [0.15, 0.2) is 0 Å². The molecule has 1 heterocycles. The van der Waals surface area contributed by atoms with Crippen LogP contribution in [0.3, 0.4) is 0 Å². The molecule has 0 saturated carbocycles. The molecular formula is C13H26N4O. The molecule has 0 fully saturated rings. The third-order valence-electron chi connectivity index (χ3n) is 3.16. The van der Waals surface area contributed by atoms with Crippen LogP contribution >= 0.6 is 0 Å². The maximum Gasteiger partial charge on any atom is 0.318 e. The molecule has 1 atom stereocenters. The van der Waals surface area contributed by atoms with Crippen molar-refractivity contribution in [3.63, 3.8) is 0 Å². The molecule has 104 valence electrons. The van der Waals surface area contributed by atoms with Crippen molar-refractivity contribution >= 4 is 6.01 Å². The number of rotatable bonds is 7. The van der Waals surface area contributed by atoms with Crippen LogP contribution in [-0.2, 0) is 6.54 Å². The van der Waals surface area contributed by atoms with Gasteiger partial charge < -0.3 is 14.6 Å². The van der Waals surface area contributed by atoms with E-state index >= 15 is 0 Å². The predicted octanol–water partition coefficient (Wildman–Crippen LogP) is 2.30. The Labute approximate surface area is 110 Å². The van der Waals surface area contributed by atoms with Crippen molar-refractivity contribution in [3.8, 4) is 0 Å². The molecule has 5 nitrogen and oxygen atoms in total. The van der Waals surface area contributed by atoms with Crippen molar-refractivity contribution in [2.45, 2.75) is 47.2 Å². The zero-order valence-corrected chi connectivity index (χ0v) is 12.4. The molecule has 0 amide bonds. The highest BCUT2D eigenvalue weighted by atomic mass is 16.4. The quantitative estimate of drug-likeness (QED) is 0.809. The standard InChI is InChI=1S/C13H26N4O/c1-9(2)7-14-8-12-15-16-13(18-12)17(6)11(5)10(3)4/h9-11,14H,7-8H2,1-6H3. The summed E-state index contributed by atoms with van der Waals surface area (Å²) < 4.78 is 5.64. The van der Waals surface area contributed by atoms with Crippen molar-refractivity contribution < 1.29 is 4.42 Å². The molecule has 0 radical (unpaired) electrons. The van der Waals surface area contributed by atoms with Gasteiger partial charge in [0.1, 0.15) is 0 Å². The van der Waals surface area contributed by atoms with Crippen molar-refractivity contribution in [2.75, 3.05) is 18.5 Å². The predicted molar refractivity (Wildman–Crippen MR) is 73.5 cm³/mol. The van der Waals surface area contributed by atoms with Gasteiger partial charge in [-0.15, -0.1) is 5.10 Å². The molecule has 0 spiro atoms. The van der Waals surface area contributed by atoms with Gasteiger partial charge in [0.25, 0.3) is 0 Å². The largest absolute Gasteiger partial charge is 0.407 e. The van der Waals surface area contributed by atoms with E-state index in [1.54, 1.807) is 0 Å². The number of anilines is 1. The molecule has 1 rings (SSSR count). The molecule has 0 aliphatic carbocycles. The Morgan fingerprint density at radius 2 is 1.83 bits per heavy atom. The van der Waals surface area contributed by atoms with E-state index in [1.807, 2.05) is 11.9 Å². The van der Waals surface area contributed by atoms with Crippen LogP contribution in [0.1, 0.15) is 40.5 Å². The monoisotopic (exact) mass is 254 g/mol. The van der Waals surface area contributed by atoms with Crippen LogP contribution in [0.2, 0.25) is 0 Å². The Morgan fingerprint density at radius 3 is 2.39 bits per heavy atom. The van der Waals surface area contributed by atoms with Crippen LogP contribution < -0.4 is 10.2 Å². The normalized spacial score (nSPS) is 13.3. The molecule has 0 bridgehead atoms. The summed E-state index contributed by atoms with van der Waals surface area (Å²) in [5, 5.41) is 11.4. The topological polar surface area (TPSA) is 54.2 Å². The lowest BCUT2D eigenvalue weighted by Gasteiger charge is -2.25. The first-order chi connectivity index (χ1) is 8.41. The average Bonchev–Trinajstić information content (AvgIpc) is 2.75. The summed E-state index contributed by atoms with van der Waals surface area (Å²) in [6.07, 6.45) is 0. The Balaban J connectivity index is 2.52. The number of nitrogens with zero attached hydrogens (tertiary/aromatic N) is 3. The van der Waals surface area contributed by atoms with Gasteiger partial charge in [-0.25, -0.2) is 0 Å². The minimum Gasteiger partial charge on any atom is -0.407 e. The molecule has 0 saturated heterocycles. The van der Waals surface area contributed by atoms with Crippen molar-refractivity contribution in [3.05, 3.63) is 5.89 Å². The first-order valence-corrected chi connectivity index (χ1v) is 6.67. The van der Waals surface area contributed by atoms with Crippen LogP contribution in [0, 0.1) is 11.8 Å². The first-order valence-electron chi connectivity index (χ1n) is 6.67. The fourth-order valence-electron chi connectivity index (χ4n) is 1.55. The molecule has 18 heavy (non-hydrogen) atoms. The van der Waals surface area contributed by atoms with Gasteiger partial charge in [0.2, 0.25) is 5.89 Å². The molecule has 0 aliphatic rings. The van der Waals surface area contributed by atoms with E-state index < -0.39 is 0 Å². The zero-order chi connectivity index (χ0) is 13.7. The van der Waals surface area contributed by atoms with Crippen LogP contribution in [-0.4, -0.2) is 29.8 Å². The van der Waals surface area contributed by atoms with Gasteiger partial charge in [-0.1, -0.05) is 32.8 Å². The van der Waals surface area contributed by atoms with Crippen molar-refractivity contribution in [2.24, 2.45) is 11.8 Å². The maximum absolute atomic E-state index is 5.64. The summed E-state index contributed by atoms with van der Waals surface area (Å²) >= 11 is 0. The number of aromatic nitrogens is 2. The van der Waals surface area contributed by atoms with E-state index in [2.05, 4.69) is 50.1 Å². The van der Waals surface area contributed by atoms with Gasteiger partial charge in [-0.3, -0.25) is 0 Å². The van der Waals surface area contributed by atoms with Crippen LogP contribution in [0.4, 0.5) is 6.01 Å². The van der Waals surface area contributed by atoms with Crippen molar-refractivity contribution in [1.82, 2.24) is 15.5 Å². The maximum atomic E-state index is 5.64. The van der Waals surface area contributed by atoms with E-state index in [-0.39, 0.29) is 0 Å². The highest BCUT2D eigenvalue weighted by molar-refractivity contribution is 5.24. The average molecular weight is 254 g/mol. The second-order valence-electron chi connectivity index (χ2n) is 5.60. The zero-order valence-electron chi connectivity index (χ0n) is 12.4. The fraction of sp³-hybridized carbons (Fsp3) is 0.846. The SMILES string of the molecule is CC(C)CNCc1nnc(N(C)C(C)C(C)C)o1. The highest BCUT2D eigenvalue weighted by Gasteiger charge is 2.18. The Kier molecular flexibility index (Phi) is 5.59. The number of nitrogens with one attached hydrogen (secondary N) is 1. The van der Waals surface area contributed by atoms with E-state index in [1.165, 1.54) is 0 Å². The van der Waals surface area contributed by atoms with E-state index in [4.69, 9.17) is 4.42 Å². The second kappa shape index (κ2) is 6.73. The van der Waals surface area contributed by atoms with Crippen LogP contribution in [0.15, 0.2) is 4.42 Å². The number of hydrogen-bond donors (Lipinski definition) is 1. The smallest absolute Gasteiger partial charge is 0.318 e. The highest BCUT2D eigenvalue weighted by Crippen LogP contribution is 2.17. The van der Waals surface area contributed by atoms with Gasteiger partial charge in [-0.2, -0.15) is 0 Å². The first kappa shape index (κ1) is 15.0. The third kappa shape index (κ3) is 4.29. The van der Waals surface area contributed by atoms with Gasteiger partial charge in [0, 0.05) is 13.1 Å². The lowest BCUT2D eigenvalue weighted by molar-refractivity contribution is 0.424. The van der Waals surface area contributed by atoms with Gasteiger partial charge >= 0.3 is 6.01 Å². The summed E-state index contributed by atoms with van der Waals surface area (Å²) in [4.78, 5) is 2.03. The molecular weight excluding hydrogens is 228 g/mol. The van der Waals surface area contributed by atoms with E-state index in [9.17, 15) is 0 Å². The fourth-order valence-corrected chi connectivity index (χ4v) is 1.55. The summed E-state index contributed by atoms with van der Waals surface area (Å²) in [7, 11) is 1.99. The summed E-state index contributed by atoms with van der Waals surface area (Å²) in [6.45, 7) is 12.5. The molecule has 0 aromatic carbocycles. The molecule has 0 aliphatic heterocycles. The molecule has 1 unspecified atom stereocenters. The van der Waals surface area contributed by atoms with Crippen LogP contribution in [0.25, 0.3) is 0 Å². The lowest BCUT2D eigenvalue weighted by Crippen LogP contribution is -2.33. The minimum absolute atomic E-state index is 0.377. The van der Waals surface area contributed by atoms with Crippen LogP contribution in [0.5, 0.6) is 0 Å².